The number of hydrogen-bond donors (Lipinski definition) is 1. The molecule has 1 aliphatic rings. The molecule has 1 heterocycles. The Morgan fingerprint density at radius 2 is 1.73 bits per heavy atom. The molecule has 0 saturated heterocycles. The van der Waals surface area contributed by atoms with Gasteiger partial charge in [-0.2, -0.15) is 18.3 Å². The number of para-hydroxylation sites is 1. The Morgan fingerprint density at radius 3 is 2.41 bits per heavy atom. The van der Waals surface area contributed by atoms with Gasteiger partial charge in [-0.3, -0.25) is 4.79 Å². The van der Waals surface area contributed by atoms with Crippen molar-refractivity contribution < 1.29 is 41.3 Å². The van der Waals surface area contributed by atoms with E-state index in [1.165, 1.54) is 31.4 Å². The molecule has 0 saturated carbocycles. The summed E-state index contributed by atoms with van der Waals surface area (Å²) >= 11 is 0.987. The maximum atomic E-state index is 14.9. The van der Waals surface area contributed by atoms with Crippen LogP contribution in [0.2, 0.25) is 0 Å². The highest BCUT2D eigenvalue weighted by Gasteiger charge is 2.42. The van der Waals surface area contributed by atoms with E-state index in [-0.39, 0.29) is 28.9 Å². The molecule has 12 heteroatoms. The molecule has 1 N–H and O–H groups in total. The molecule has 4 aromatic carbocycles. The Hall–Kier alpha value is -4.84. The zero-order chi connectivity index (χ0) is 31.6. The third kappa shape index (κ3) is 6.25. The largest absolute Gasteiger partial charge is 0.508 e. The summed E-state index contributed by atoms with van der Waals surface area (Å²) in [4.78, 5) is 13.7. The highest BCUT2D eigenvalue weighted by Crippen LogP contribution is 2.48. The number of hydrogen-bond acceptors (Lipinski definition) is 6. The molecule has 1 amide bonds. The van der Waals surface area contributed by atoms with E-state index in [1.807, 2.05) is 0 Å². The third-order valence-corrected chi connectivity index (χ3v) is 7.83. The molecule has 0 fully saturated rings. The fourth-order valence-corrected chi connectivity index (χ4v) is 5.72. The zero-order valence-electron chi connectivity index (χ0n) is 22.9. The van der Waals surface area contributed by atoms with Crippen molar-refractivity contribution in [1.82, 2.24) is 5.01 Å². The summed E-state index contributed by atoms with van der Waals surface area (Å²) in [6.45, 7) is 3.56. The standard InChI is InChI=1S/C32H23F5N2O4S/c1-18(40)21-7-3-6-19(16-21)17-43-26-11-4-8-23(28(26)42-2)31-39(38-29(44-31)20-12-14-22(33)15-13-20)30(41)27-24(32(35,36)37)9-5-10-25(27)34/h3-16,31,40H,1,17H2,2H3. The van der Waals surface area contributed by atoms with Crippen LogP contribution in [-0.2, 0) is 12.8 Å². The Morgan fingerprint density at radius 1 is 1.02 bits per heavy atom. The molecular weight excluding hydrogens is 603 g/mol. The molecule has 5 rings (SSSR count). The highest BCUT2D eigenvalue weighted by molar-refractivity contribution is 8.14. The van der Waals surface area contributed by atoms with E-state index < -0.39 is 40.2 Å². The molecule has 1 atom stereocenters. The van der Waals surface area contributed by atoms with Crippen LogP contribution in [0.3, 0.4) is 0 Å². The van der Waals surface area contributed by atoms with Gasteiger partial charge >= 0.3 is 6.18 Å². The number of methoxy groups -OCH3 is 1. The van der Waals surface area contributed by atoms with Gasteiger partial charge in [0.2, 0.25) is 0 Å². The van der Waals surface area contributed by atoms with Crippen LogP contribution in [0.15, 0.2) is 96.6 Å². The Bertz CT molecular complexity index is 1760. The molecule has 0 spiro atoms. The summed E-state index contributed by atoms with van der Waals surface area (Å²) in [6.07, 6.45) is -5.02. The average molecular weight is 627 g/mol. The van der Waals surface area contributed by atoms with Crippen LogP contribution in [0.4, 0.5) is 22.0 Å². The van der Waals surface area contributed by atoms with E-state index >= 15 is 0 Å². The van der Waals surface area contributed by atoms with Gasteiger partial charge in [0.25, 0.3) is 5.91 Å². The molecule has 0 bridgehead atoms. The lowest BCUT2D eigenvalue weighted by atomic mass is 10.0. The predicted molar refractivity (Wildman–Crippen MR) is 156 cm³/mol. The lowest BCUT2D eigenvalue weighted by Gasteiger charge is -2.25. The van der Waals surface area contributed by atoms with Crippen molar-refractivity contribution in [1.29, 1.82) is 0 Å². The first-order valence-corrected chi connectivity index (χ1v) is 13.8. The number of rotatable bonds is 8. The van der Waals surface area contributed by atoms with Gasteiger partial charge in [-0.05, 0) is 54.1 Å². The highest BCUT2D eigenvalue weighted by atomic mass is 32.2. The second-order valence-electron chi connectivity index (χ2n) is 9.51. The van der Waals surface area contributed by atoms with Crippen molar-refractivity contribution in [3.05, 3.63) is 137 Å². The lowest BCUT2D eigenvalue weighted by molar-refractivity contribution is -0.138. The van der Waals surface area contributed by atoms with Crippen LogP contribution in [0.5, 0.6) is 11.5 Å². The van der Waals surface area contributed by atoms with Gasteiger partial charge in [0.15, 0.2) is 11.5 Å². The molecule has 0 aliphatic carbocycles. The molecule has 226 valence electrons. The summed E-state index contributed by atoms with van der Waals surface area (Å²) in [6, 6.07) is 19.0. The van der Waals surface area contributed by atoms with Crippen molar-refractivity contribution in [3.8, 4) is 11.5 Å². The SMILES string of the molecule is C=C(O)c1cccc(COc2cccc(C3SC(c4ccc(F)cc4)=NN3C(=O)c3c(F)cccc3C(F)(F)F)c2OC)c1. The van der Waals surface area contributed by atoms with Crippen LogP contribution < -0.4 is 9.47 Å². The monoisotopic (exact) mass is 626 g/mol. The number of hydrazone groups is 1. The van der Waals surface area contributed by atoms with Gasteiger partial charge in [-0.25, -0.2) is 13.8 Å². The molecule has 0 aromatic heterocycles. The van der Waals surface area contributed by atoms with E-state index in [2.05, 4.69) is 11.7 Å². The summed E-state index contributed by atoms with van der Waals surface area (Å²) in [5.41, 5.74) is -0.761. The van der Waals surface area contributed by atoms with Crippen molar-refractivity contribution >= 4 is 28.5 Å². The molecular formula is C32H23F5N2O4S. The van der Waals surface area contributed by atoms with E-state index in [0.29, 0.717) is 28.3 Å². The van der Waals surface area contributed by atoms with Crippen molar-refractivity contribution in [2.24, 2.45) is 5.10 Å². The van der Waals surface area contributed by atoms with Gasteiger partial charge in [0, 0.05) is 16.7 Å². The second kappa shape index (κ2) is 12.4. The van der Waals surface area contributed by atoms with Crippen LogP contribution in [-0.4, -0.2) is 28.2 Å². The fourth-order valence-electron chi connectivity index (χ4n) is 4.55. The number of thioether (sulfide) groups is 1. The molecule has 6 nitrogen and oxygen atoms in total. The molecule has 44 heavy (non-hydrogen) atoms. The number of aliphatic hydroxyl groups is 1. The maximum Gasteiger partial charge on any atom is 0.417 e. The van der Waals surface area contributed by atoms with Gasteiger partial charge in [0.05, 0.1) is 18.2 Å². The van der Waals surface area contributed by atoms with Crippen LogP contribution in [0.1, 0.15) is 43.5 Å². The Labute approximate surface area is 253 Å². The topological polar surface area (TPSA) is 71.4 Å². The predicted octanol–water partition coefficient (Wildman–Crippen LogP) is 8.35. The van der Waals surface area contributed by atoms with Gasteiger partial charge in [-0.15, -0.1) is 0 Å². The number of amides is 1. The molecule has 4 aromatic rings. The average Bonchev–Trinajstić information content (AvgIpc) is 3.44. The van der Waals surface area contributed by atoms with Crippen molar-refractivity contribution in [2.45, 2.75) is 18.2 Å². The first-order chi connectivity index (χ1) is 21.0. The van der Waals surface area contributed by atoms with E-state index in [4.69, 9.17) is 9.47 Å². The second-order valence-corrected chi connectivity index (χ2v) is 10.6. The summed E-state index contributed by atoms with van der Waals surface area (Å²) in [7, 11) is 1.36. The first kappa shape index (κ1) is 30.6. The van der Waals surface area contributed by atoms with Gasteiger partial charge in [0.1, 0.15) is 34.4 Å². The Balaban J connectivity index is 1.56. The van der Waals surface area contributed by atoms with E-state index in [0.717, 1.165) is 28.9 Å². The summed E-state index contributed by atoms with van der Waals surface area (Å²) in [5, 5.41) is 13.8. The van der Waals surface area contributed by atoms with Gasteiger partial charge < -0.3 is 14.6 Å². The van der Waals surface area contributed by atoms with Crippen molar-refractivity contribution in [2.75, 3.05) is 7.11 Å². The number of ether oxygens (including phenoxy) is 2. The third-order valence-electron chi connectivity index (χ3n) is 6.61. The summed E-state index contributed by atoms with van der Waals surface area (Å²) < 4.78 is 81.8. The number of halogens is 5. The maximum absolute atomic E-state index is 14.9. The number of aliphatic hydroxyl groups excluding tert-OH is 1. The van der Waals surface area contributed by atoms with Crippen LogP contribution in [0.25, 0.3) is 5.76 Å². The summed E-state index contributed by atoms with van der Waals surface area (Å²) in [5.74, 6) is -2.94. The smallest absolute Gasteiger partial charge is 0.417 e. The molecule has 0 radical (unpaired) electrons. The normalized spacial score (nSPS) is 14.7. The number of carbonyl (C=O) groups excluding carboxylic acids is 1. The molecule has 1 aliphatic heterocycles. The Kier molecular flexibility index (Phi) is 8.63. The number of nitrogens with zero attached hydrogens (tertiary/aromatic N) is 2. The number of alkyl halides is 3. The minimum absolute atomic E-state index is 0.0445. The number of benzene rings is 4. The fraction of sp³-hybridized carbons (Fsp3) is 0.125. The quantitative estimate of drug-likeness (QED) is 0.157. The lowest BCUT2D eigenvalue weighted by Crippen LogP contribution is -2.29. The van der Waals surface area contributed by atoms with Crippen LogP contribution in [0, 0.1) is 11.6 Å². The number of carbonyl (C=O) groups is 1. The van der Waals surface area contributed by atoms with Crippen LogP contribution >= 0.6 is 11.8 Å². The van der Waals surface area contributed by atoms with E-state index in [1.54, 1.807) is 42.5 Å². The van der Waals surface area contributed by atoms with Crippen molar-refractivity contribution in [3.63, 3.8) is 0 Å². The van der Waals surface area contributed by atoms with Gasteiger partial charge in [-0.1, -0.05) is 54.7 Å². The minimum Gasteiger partial charge on any atom is -0.508 e. The first-order valence-electron chi connectivity index (χ1n) is 12.9. The molecule has 1 unspecified atom stereocenters. The zero-order valence-corrected chi connectivity index (χ0v) is 23.8. The van der Waals surface area contributed by atoms with E-state index in [9.17, 15) is 31.9 Å². The minimum atomic E-state index is -5.02.